The number of fused-ring (bicyclic) bond motifs is 2. The predicted molar refractivity (Wildman–Crippen MR) is 126 cm³/mol. The maximum atomic E-state index is 13.6. The number of aryl methyl sites for hydroxylation is 2. The Balaban J connectivity index is 1.74. The summed E-state index contributed by atoms with van der Waals surface area (Å²) in [6.45, 7) is 7.57. The van der Waals surface area contributed by atoms with E-state index in [1.807, 2.05) is 12.3 Å². The molecule has 1 amide bonds. The van der Waals surface area contributed by atoms with Crippen molar-refractivity contribution in [3.05, 3.63) is 53.6 Å². The number of anilines is 2. The van der Waals surface area contributed by atoms with Gasteiger partial charge in [-0.15, -0.1) is 0 Å². The monoisotopic (exact) mass is 472 g/mol. The lowest BCUT2D eigenvalue weighted by molar-refractivity contribution is -0.136. The molecule has 0 unspecified atom stereocenters. The summed E-state index contributed by atoms with van der Waals surface area (Å²) >= 11 is 0. The molecule has 3 aromatic heterocycles. The van der Waals surface area contributed by atoms with Gasteiger partial charge in [-0.3, -0.25) is 9.48 Å². The maximum Gasteiger partial charge on any atom is 0.420 e. The molecule has 3 heterocycles. The Bertz CT molecular complexity index is 1350. The fourth-order valence-electron chi connectivity index (χ4n) is 4.25. The summed E-state index contributed by atoms with van der Waals surface area (Å²) in [5.41, 5.74) is 1.14. The van der Waals surface area contributed by atoms with E-state index >= 15 is 0 Å². The van der Waals surface area contributed by atoms with E-state index in [1.165, 1.54) is 16.8 Å². The third kappa shape index (κ3) is 4.44. The van der Waals surface area contributed by atoms with Crippen molar-refractivity contribution in [1.29, 1.82) is 0 Å². The smallest absolute Gasteiger partial charge is 0.371 e. The number of imidazole rings is 1. The van der Waals surface area contributed by atoms with E-state index in [2.05, 4.69) is 34.1 Å². The van der Waals surface area contributed by atoms with E-state index in [9.17, 15) is 18.0 Å². The van der Waals surface area contributed by atoms with E-state index in [0.717, 1.165) is 43.1 Å². The zero-order valence-electron chi connectivity index (χ0n) is 19.6. The fraction of sp³-hybridized carbons (Fsp3) is 0.375. The third-order valence-corrected chi connectivity index (χ3v) is 5.58. The molecule has 7 nitrogen and oxygen atoms in total. The van der Waals surface area contributed by atoms with Crippen LogP contribution in [-0.4, -0.2) is 38.2 Å². The summed E-state index contributed by atoms with van der Waals surface area (Å²) in [4.78, 5) is 19.4. The Morgan fingerprint density at radius 3 is 2.47 bits per heavy atom. The average Bonchev–Trinajstić information content (AvgIpc) is 3.32. The molecule has 34 heavy (non-hydrogen) atoms. The molecule has 0 saturated heterocycles. The molecule has 0 aliphatic heterocycles. The summed E-state index contributed by atoms with van der Waals surface area (Å²) in [6.07, 6.45) is 2.11. The number of hydrogen-bond donors (Lipinski definition) is 1. The van der Waals surface area contributed by atoms with Crippen LogP contribution in [0.3, 0.4) is 0 Å². The summed E-state index contributed by atoms with van der Waals surface area (Å²) in [5.74, 6) is -0.530. The highest BCUT2D eigenvalue weighted by atomic mass is 19.4. The van der Waals surface area contributed by atoms with Crippen molar-refractivity contribution in [3.8, 4) is 0 Å². The van der Waals surface area contributed by atoms with Crippen molar-refractivity contribution >= 4 is 33.8 Å². The summed E-state index contributed by atoms with van der Waals surface area (Å²) in [7, 11) is 1.78. The van der Waals surface area contributed by atoms with Crippen LogP contribution in [0.2, 0.25) is 0 Å². The molecule has 0 saturated carbocycles. The molecule has 0 bridgehead atoms. The average molecular weight is 473 g/mol. The van der Waals surface area contributed by atoms with Crippen molar-refractivity contribution < 1.29 is 18.0 Å². The maximum absolute atomic E-state index is 13.6. The molecule has 1 N–H and O–H groups in total. The number of hydrogen-bond acceptors (Lipinski definition) is 4. The SMILES string of the molecule is CCCN(CCC)c1ccc(C(=O)Nc2cc(C(F)(F)F)c3nc(C)cn3c2)c2nn(C)cc12. The first-order valence-electron chi connectivity index (χ1n) is 11.2. The van der Waals surface area contributed by atoms with Gasteiger partial charge < -0.3 is 14.6 Å². The second-order valence-electron chi connectivity index (χ2n) is 8.39. The number of nitrogens with zero attached hydrogens (tertiary/aromatic N) is 5. The van der Waals surface area contributed by atoms with E-state index in [1.54, 1.807) is 24.7 Å². The van der Waals surface area contributed by atoms with Crippen LogP contribution in [-0.2, 0) is 13.2 Å². The molecule has 4 rings (SSSR count). The minimum absolute atomic E-state index is 0.0222. The second kappa shape index (κ2) is 9.00. The Kier molecular flexibility index (Phi) is 6.24. The zero-order chi connectivity index (χ0) is 24.6. The van der Waals surface area contributed by atoms with Gasteiger partial charge >= 0.3 is 6.18 Å². The minimum Gasteiger partial charge on any atom is -0.371 e. The summed E-state index contributed by atoms with van der Waals surface area (Å²) in [6, 6.07) is 4.48. The van der Waals surface area contributed by atoms with Crippen LogP contribution in [0.15, 0.2) is 36.8 Å². The molecule has 1 aromatic carbocycles. The molecule has 0 aliphatic rings. The summed E-state index contributed by atoms with van der Waals surface area (Å²) < 4.78 is 43.8. The van der Waals surface area contributed by atoms with Gasteiger partial charge in [-0.25, -0.2) is 4.98 Å². The van der Waals surface area contributed by atoms with Gasteiger partial charge in [-0.2, -0.15) is 18.3 Å². The van der Waals surface area contributed by atoms with Gasteiger partial charge in [0.25, 0.3) is 5.91 Å². The normalized spacial score (nSPS) is 12.0. The highest BCUT2D eigenvalue weighted by Crippen LogP contribution is 2.35. The lowest BCUT2D eigenvalue weighted by Gasteiger charge is -2.24. The molecule has 0 spiro atoms. The predicted octanol–water partition coefficient (Wildman–Crippen LogP) is 5.43. The van der Waals surface area contributed by atoms with Crippen molar-refractivity contribution in [2.24, 2.45) is 7.05 Å². The Labute approximate surface area is 195 Å². The number of benzene rings is 1. The number of nitrogens with one attached hydrogen (secondary N) is 1. The van der Waals surface area contributed by atoms with Crippen LogP contribution in [0.5, 0.6) is 0 Å². The standard InChI is InChI=1S/C24H27F3N6O/c1-5-9-32(10-6-2)20-8-7-17(21-18(20)14-31(4)30-21)23(34)29-16-11-19(24(25,26)27)22-28-15(3)12-33(22)13-16/h7-8,11-14H,5-6,9-10H2,1-4H3,(H,29,34). The Morgan fingerprint density at radius 1 is 1.12 bits per heavy atom. The molecular formula is C24H27F3N6O. The van der Waals surface area contributed by atoms with Crippen LogP contribution >= 0.6 is 0 Å². The van der Waals surface area contributed by atoms with Gasteiger partial charge in [-0.05, 0) is 38.0 Å². The first kappa shape index (κ1) is 23.6. The molecule has 0 aliphatic carbocycles. The molecular weight excluding hydrogens is 445 g/mol. The molecule has 0 atom stereocenters. The largest absolute Gasteiger partial charge is 0.420 e. The minimum atomic E-state index is -4.61. The quantitative estimate of drug-likeness (QED) is 0.390. The third-order valence-electron chi connectivity index (χ3n) is 5.58. The van der Waals surface area contributed by atoms with Crippen LogP contribution in [0.25, 0.3) is 16.6 Å². The number of carbonyl (C=O) groups is 1. The Morgan fingerprint density at radius 2 is 1.82 bits per heavy atom. The number of alkyl halides is 3. The Hall–Kier alpha value is -3.56. The molecule has 180 valence electrons. The highest BCUT2D eigenvalue weighted by molar-refractivity contribution is 6.14. The fourth-order valence-corrected chi connectivity index (χ4v) is 4.25. The van der Waals surface area contributed by atoms with Gasteiger partial charge in [-0.1, -0.05) is 13.8 Å². The van der Waals surface area contributed by atoms with Crippen molar-refractivity contribution in [1.82, 2.24) is 19.2 Å². The van der Waals surface area contributed by atoms with Crippen molar-refractivity contribution in [2.75, 3.05) is 23.3 Å². The van der Waals surface area contributed by atoms with Crippen LogP contribution in [0.4, 0.5) is 24.5 Å². The number of halogens is 3. The van der Waals surface area contributed by atoms with Crippen molar-refractivity contribution in [3.63, 3.8) is 0 Å². The molecule has 0 fully saturated rings. The van der Waals surface area contributed by atoms with Crippen molar-refractivity contribution in [2.45, 2.75) is 39.8 Å². The van der Waals surface area contributed by atoms with E-state index in [-0.39, 0.29) is 11.3 Å². The first-order valence-corrected chi connectivity index (χ1v) is 11.2. The van der Waals surface area contributed by atoms with Crippen LogP contribution in [0, 0.1) is 6.92 Å². The number of aromatic nitrogens is 4. The second-order valence-corrected chi connectivity index (χ2v) is 8.39. The van der Waals surface area contributed by atoms with Gasteiger partial charge in [0, 0.05) is 49.8 Å². The number of carbonyl (C=O) groups excluding carboxylic acids is 1. The number of pyridine rings is 1. The topological polar surface area (TPSA) is 67.5 Å². The highest BCUT2D eigenvalue weighted by Gasteiger charge is 2.35. The molecule has 10 heteroatoms. The van der Waals surface area contributed by atoms with E-state index in [0.29, 0.717) is 16.8 Å². The summed E-state index contributed by atoms with van der Waals surface area (Å²) in [5, 5.41) is 7.93. The number of rotatable bonds is 7. The van der Waals surface area contributed by atoms with Gasteiger partial charge in [0.2, 0.25) is 0 Å². The molecule has 0 radical (unpaired) electrons. The van der Waals surface area contributed by atoms with E-state index in [4.69, 9.17) is 0 Å². The first-order chi connectivity index (χ1) is 16.1. The number of amides is 1. The van der Waals surface area contributed by atoms with Crippen LogP contribution in [0.1, 0.15) is 48.3 Å². The van der Waals surface area contributed by atoms with Crippen LogP contribution < -0.4 is 10.2 Å². The van der Waals surface area contributed by atoms with Gasteiger partial charge in [0.1, 0.15) is 16.7 Å². The lowest BCUT2D eigenvalue weighted by atomic mass is 10.1. The zero-order valence-corrected chi connectivity index (χ0v) is 19.6. The van der Waals surface area contributed by atoms with E-state index < -0.39 is 17.6 Å². The van der Waals surface area contributed by atoms with Gasteiger partial charge in [0.15, 0.2) is 0 Å². The van der Waals surface area contributed by atoms with Gasteiger partial charge in [0.05, 0.1) is 16.9 Å². The molecule has 4 aromatic rings. The lowest BCUT2D eigenvalue weighted by Crippen LogP contribution is -2.25.